The zero-order valence-electron chi connectivity index (χ0n) is 14.8. The Morgan fingerprint density at radius 3 is 2.60 bits per heavy atom. The standard InChI is InChI=1S/C18H26ClN3O2S/c1-3-17(23)20-16(7-12-25-2)18(24)22-10-8-21(9-11-22)15-6-4-5-14(19)13-15/h4-6,13,16H,3,7-12H2,1-2H3,(H,20,23). The van der Waals surface area contributed by atoms with Crippen molar-refractivity contribution in [1.82, 2.24) is 10.2 Å². The maximum atomic E-state index is 12.8. The molecular formula is C18H26ClN3O2S. The lowest BCUT2D eigenvalue weighted by molar-refractivity contribution is -0.136. The number of carbonyl (C=O) groups excluding carboxylic acids is 2. The van der Waals surface area contributed by atoms with E-state index in [0.717, 1.165) is 29.6 Å². The Hall–Kier alpha value is -1.40. The number of halogens is 1. The topological polar surface area (TPSA) is 52.7 Å². The molecule has 5 nitrogen and oxygen atoms in total. The molecule has 1 N–H and O–H groups in total. The van der Waals surface area contributed by atoms with E-state index in [0.29, 0.717) is 25.9 Å². The number of nitrogens with one attached hydrogen (secondary N) is 1. The van der Waals surface area contributed by atoms with Gasteiger partial charge in [-0.1, -0.05) is 24.6 Å². The summed E-state index contributed by atoms with van der Waals surface area (Å²) >= 11 is 7.75. The zero-order chi connectivity index (χ0) is 18.2. The number of benzene rings is 1. The summed E-state index contributed by atoms with van der Waals surface area (Å²) < 4.78 is 0. The predicted octanol–water partition coefficient (Wildman–Crippen LogP) is 2.64. The van der Waals surface area contributed by atoms with Crippen molar-refractivity contribution in [2.45, 2.75) is 25.8 Å². The van der Waals surface area contributed by atoms with Crippen molar-refractivity contribution >= 4 is 40.9 Å². The van der Waals surface area contributed by atoms with Crippen molar-refractivity contribution in [1.29, 1.82) is 0 Å². The Morgan fingerprint density at radius 1 is 1.28 bits per heavy atom. The van der Waals surface area contributed by atoms with Crippen LogP contribution in [0.15, 0.2) is 24.3 Å². The molecule has 0 saturated carbocycles. The van der Waals surface area contributed by atoms with E-state index in [9.17, 15) is 9.59 Å². The fourth-order valence-electron chi connectivity index (χ4n) is 2.87. The number of hydrogen-bond acceptors (Lipinski definition) is 4. The third-order valence-corrected chi connectivity index (χ3v) is 5.21. The first-order chi connectivity index (χ1) is 12.0. The third kappa shape index (κ3) is 5.82. The fourth-order valence-corrected chi connectivity index (χ4v) is 3.52. The van der Waals surface area contributed by atoms with Gasteiger partial charge in [0.25, 0.3) is 0 Å². The van der Waals surface area contributed by atoms with Gasteiger partial charge in [0.15, 0.2) is 0 Å². The van der Waals surface area contributed by atoms with E-state index in [1.807, 2.05) is 35.4 Å². The maximum Gasteiger partial charge on any atom is 0.245 e. The van der Waals surface area contributed by atoms with Crippen LogP contribution >= 0.6 is 23.4 Å². The first kappa shape index (κ1) is 19.9. The molecule has 0 bridgehead atoms. The quantitative estimate of drug-likeness (QED) is 0.786. The molecule has 1 saturated heterocycles. The van der Waals surface area contributed by atoms with Gasteiger partial charge in [-0.25, -0.2) is 0 Å². The van der Waals surface area contributed by atoms with Gasteiger partial charge in [-0.3, -0.25) is 9.59 Å². The summed E-state index contributed by atoms with van der Waals surface area (Å²) in [5.41, 5.74) is 1.08. The van der Waals surface area contributed by atoms with Gasteiger partial charge in [-0.05, 0) is 36.6 Å². The molecule has 1 unspecified atom stereocenters. The van der Waals surface area contributed by atoms with Crippen LogP contribution in [0.3, 0.4) is 0 Å². The third-order valence-electron chi connectivity index (χ3n) is 4.33. The largest absolute Gasteiger partial charge is 0.368 e. The van der Waals surface area contributed by atoms with E-state index in [1.54, 1.807) is 18.7 Å². The smallest absolute Gasteiger partial charge is 0.245 e. The van der Waals surface area contributed by atoms with Gasteiger partial charge in [-0.2, -0.15) is 11.8 Å². The minimum absolute atomic E-state index is 0.0293. The van der Waals surface area contributed by atoms with Gasteiger partial charge < -0.3 is 15.1 Å². The van der Waals surface area contributed by atoms with Gasteiger partial charge in [-0.15, -0.1) is 0 Å². The number of piperazine rings is 1. The number of hydrogen-bond donors (Lipinski definition) is 1. The molecule has 1 aliphatic heterocycles. The van der Waals surface area contributed by atoms with E-state index < -0.39 is 6.04 Å². The summed E-state index contributed by atoms with van der Waals surface area (Å²) in [5, 5.41) is 3.59. The molecule has 0 aliphatic carbocycles. The summed E-state index contributed by atoms with van der Waals surface area (Å²) in [6, 6.07) is 7.36. The number of rotatable bonds is 7. The second kappa shape index (κ2) is 9.92. The molecule has 1 aromatic rings. The SMILES string of the molecule is CCC(=O)NC(CCSC)C(=O)N1CCN(c2cccc(Cl)c2)CC1. The van der Waals surface area contributed by atoms with Crippen LogP contribution in [0.4, 0.5) is 5.69 Å². The van der Waals surface area contributed by atoms with E-state index in [-0.39, 0.29) is 11.8 Å². The van der Waals surface area contributed by atoms with Crippen molar-refractivity contribution in [3.63, 3.8) is 0 Å². The van der Waals surface area contributed by atoms with E-state index in [1.165, 1.54) is 0 Å². The summed E-state index contributed by atoms with van der Waals surface area (Å²) in [6.07, 6.45) is 3.07. The zero-order valence-corrected chi connectivity index (χ0v) is 16.4. The second-order valence-electron chi connectivity index (χ2n) is 6.05. The highest BCUT2D eigenvalue weighted by molar-refractivity contribution is 7.98. The lowest BCUT2D eigenvalue weighted by atomic mass is 10.1. The molecule has 138 valence electrons. The van der Waals surface area contributed by atoms with Crippen molar-refractivity contribution in [3.05, 3.63) is 29.3 Å². The minimum Gasteiger partial charge on any atom is -0.368 e. The van der Waals surface area contributed by atoms with Gasteiger partial charge >= 0.3 is 0 Å². The Labute approximate surface area is 159 Å². The highest BCUT2D eigenvalue weighted by Crippen LogP contribution is 2.21. The molecule has 1 fully saturated rings. The van der Waals surface area contributed by atoms with Crippen LogP contribution in [-0.4, -0.2) is 60.9 Å². The Morgan fingerprint density at radius 2 is 2.00 bits per heavy atom. The molecule has 1 heterocycles. The minimum atomic E-state index is -0.419. The van der Waals surface area contributed by atoms with Crippen molar-refractivity contribution in [2.75, 3.05) is 43.1 Å². The van der Waals surface area contributed by atoms with Crippen LogP contribution in [0.25, 0.3) is 0 Å². The number of nitrogens with zero attached hydrogens (tertiary/aromatic N) is 2. The maximum absolute atomic E-state index is 12.8. The monoisotopic (exact) mass is 383 g/mol. The molecule has 2 rings (SSSR count). The van der Waals surface area contributed by atoms with Crippen molar-refractivity contribution < 1.29 is 9.59 Å². The van der Waals surface area contributed by atoms with Gasteiger partial charge in [0, 0.05) is 43.3 Å². The van der Waals surface area contributed by atoms with Crippen LogP contribution in [0, 0.1) is 0 Å². The molecule has 0 spiro atoms. The number of amides is 2. The lowest BCUT2D eigenvalue weighted by Crippen LogP contribution is -2.55. The Balaban J connectivity index is 1.94. The molecule has 7 heteroatoms. The first-order valence-electron chi connectivity index (χ1n) is 8.62. The highest BCUT2D eigenvalue weighted by atomic mass is 35.5. The molecular weight excluding hydrogens is 358 g/mol. The second-order valence-corrected chi connectivity index (χ2v) is 7.47. The summed E-state index contributed by atoms with van der Waals surface area (Å²) in [6.45, 7) is 4.65. The highest BCUT2D eigenvalue weighted by Gasteiger charge is 2.28. The molecule has 25 heavy (non-hydrogen) atoms. The molecule has 1 atom stereocenters. The summed E-state index contributed by atoms with van der Waals surface area (Å²) in [5.74, 6) is 0.807. The van der Waals surface area contributed by atoms with Crippen LogP contribution in [-0.2, 0) is 9.59 Å². The van der Waals surface area contributed by atoms with E-state index in [4.69, 9.17) is 11.6 Å². The molecule has 2 amide bonds. The van der Waals surface area contributed by atoms with Crippen LogP contribution in [0.5, 0.6) is 0 Å². The Kier molecular flexibility index (Phi) is 7.90. The molecule has 0 aromatic heterocycles. The first-order valence-corrected chi connectivity index (χ1v) is 10.4. The summed E-state index contributed by atoms with van der Waals surface area (Å²) in [7, 11) is 0. The van der Waals surface area contributed by atoms with Crippen LogP contribution in [0.2, 0.25) is 5.02 Å². The normalized spacial score (nSPS) is 15.8. The van der Waals surface area contributed by atoms with Crippen molar-refractivity contribution in [3.8, 4) is 0 Å². The molecule has 0 radical (unpaired) electrons. The van der Waals surface area contributed by atoms with Crippen molar-refractivity contribution in [2.24, 2.45) is 0 Å². The number of carbonyl (C=O) groups is 2. The van der Waals surface area contributed by atoms with Gasteiger partial charge in [0.2, 0.25) is 11.8 Å². The van der Waals surface area contributed by atoms with Gasteiger partial charge in [0.05, 0.1) is 0 Å². The average Bonchev–Trinajstić information content (AvgIpc) is 2.64. The number of anilines is 1. The van der Waals surface area contributed by atoms with Crippen LogP contribution < -0.4 is 10.2 Å². The molecule has 1 aliphatic rings. The van der Waals surface area contributed by atoms with E-state index >= 15 is 0 Å². The number of thioether (sulfide) groups is 1. The van der Waals surface area contributed by atoms with Crippen LogP contribution in [0.1, 0.15) is 19.8 Å². The summed E-state index contributed by atoms with van der Waals surface area (Å²) in [4.78, 5) is 28.6. The fraction of sp³-hybridized carbons (Fsp3) is 0.556. The van der Waals surface area contributed by atoms with Gasteiger partial charge in [0.1, 0.15) is 6.04 Å². The Bertz CT molecular complexity index is 591. The lowest BCUT2D eigenvalue weighted by Gasteiger charge is -2.37. The predicted molar refractivity (Wildman–Crippen MR) is 105 cm³/mol. The van der Waals surface area contributed by atoms with E-state index in [2.05, 4.69) is 10.2 Å². The molecule has 1 aromatic carbocycles. The average molecular weight is 384 g/mol.